The fourth-order valence-electron chi connectivity index (χ4n) is 5.55. The zero-order valence-electron chi connectivity index (χ0n) is 30.9. The molecule has 0 N–H and O–H groups in total. The Morgan fingerprint density at radius 3 is 1.12 bits per heavy atom. The van der Waals surface area contributed by atoms with Crippen molar-refractivity contribution < 1.29 is 18.9 Å². The summed E-state index contributed by atoms with van der Waals surface area (Å²) >= 11 is 3.21. The fraction of sp³-hybridized carbons (Fsp3) is 0.405. The number of rotatable bonds is 18. The van der Waals surface area contributed by atoms with Gasteiger partial charge in [-0.05, 0) is 94.0 Å². The standard InChI is InChI=1S/C37H49N5O4S2.3ClH/c1-40(16-10-18-41(2)28-12-14-30(38-24-28)26-20-32(43-4)36(47-8)33(21-26)44-5)17-11-19-42(3)29-13-15-31(39-25-29)27-22-34(45-6)37(48-9)35(23-27)46-7;;;/h12-15,20-25H,10-11,16-19H2,1-9H3;3*1H. The highest BCUT2D eigenvalue weighted by Crippen LogP contribution is 2.41. The molecule has 0 aliphatic carbocycles. The van der Waals surface area contributed by atoms with Crippen molar-refractivity contribution in [3.63, 3.8) is 0 Å². The van der Waals surface area contributed by atoms with Crippen LogP contribution in [0.1, 0.15) is 12.8 Å². The number of hydrogen-bond acceptors (Lipinski definition) is 11. The van der Waals surface area contributed by atoms with Gasteiger partial charge in [0.15, 0.2) is 0 Å². The number of hydrogen-bond donors (Lipinski definition) is 0. The number of anilines is 2. The van der Waals surface area contributed by atoms with Crippen LogP contribution in [-0.2, 0) is 0 Å². The van der Waals surface area contributed by atoms with Crippen molar-refractivity contribution in [1.82, 2.24) is 14.9 Å². The van der Waals surface area contributed by atoms with E-state index in [9.17, 15) is 0 Å². The van der Waals surface area contributed by atoms with Crippen LogP contribution >= 0.6 is 60.7 Å². The van der Waals surface area contributed by atoms with Crippen LogP contribution in [0.4, 0.5) is 11.4 Å². The third kappa shape index (κ3) is 12.1. The average molecular weight is 801 g/mol. The molecule has 0 fully saturated rings. The van der Waals surface area contributed by atoms with Gasteiger partial charge in [0.1, 0.15) is 23.0 Å². The van der Waals surface area contributed by atoms with Gasteiger partial charge in [0.25, 0.3) is 0 Å². The van der Waals surface area contributed by atoms with E-state index < -0.39 is 0 Å². The molecule has 51 heavy (non-hydrogen) atoms. The van der Waals surface area contributed by atoms with Crippen LogP contribution < -0.4 is 28.7 Å². The summed E-state index contributed by atoms with van der Waals surface area (Å²) in [6, 6.07) is 16.4. The van der Waals surface area contributed by atoms with E-state index in [1.54, 1.807) is 52.0 Å². The molecule has 0 radical (unpaired) electrons. The molecule has 4 rings (SSSR count). The molecule has 2 heterocycles. The molecular weight excluding hydrogens is 749 g/mol. The predicted molar refractivity (Wildman–Crippen MR) is 224 cm³/mol. The second-order valence-corrected chi connectivity index (χ2v) is 13.1. The highest BCUT2D eigenvalue weighted by Gasteiger charge is 2.15. The van der Waals surface area contributed by atoms with Crippen LogP contribution in [0.5, 0.6) is 23.0 Å². The zero-order valence-corrected chi connectivity index (χ0v) is 35.0. The van der Waals surface area contributed by atoms with Crippen LogP contribution in [0.15, 0.2) is 70.7 Å². The molecule has 0 bridgehead atoms. The highest BCUT2D eigenvalue weighted by atomic mass is 35.5. The Hall–Kier alpha value is -2.93. The summed E-state index contributed by atoms with van der Waals surface area (Å²) in [6.07, 6.45) is 10.0. The van der Waals surface area contributed by atoms with Crippen LogP contribution in [0.2, 0.25) is 0 Å². The third-order valence-corrected chi connectivity index (χ3v) is 9.99. The number of nitrogens with zero attached hydrogens (tertiary/aromatic N) is 5. The van der Waals surface area contributed by atoms with E-state index in [0.29, 0.717) is 0 Å². The molecule has 0 atom stereocenters. The maximum Gasteiger partial charge on any atom is 0.136 e. The number of aromatic nitrogens is 2. The summed E-state index contributed by atoms with van der Waals surface area (Å²) in [7, 11) is 13.2. The van der Waals surface area contributed by atoms with Crippen molar-refractivity contribution in [1.29, 1.82) is 0 Å². The quantitative estimate of drug-likeness (QED) is 0.0907. The van der Waals surface area contributed by atoms with E-state index in [1.807, 2.05) is 49.2 Å². The first-order valence-corrected chi connectivity index (χ1v) is 18.3. The van der Waals surface area contributed by atoms with Gasteiger partial charge in [-0.1, -0.05) is 0 Å². The normalized spacial score (nSPS) is 10.4. The molecule has 0 amide bonds. The minimum Gasteiger partial charge on any atom is -0.495 e. The molecule has 2 aromatic heterocycles. The summed E-state index contributed by atoms with van der Waals surface area (Å²) in [5.41, 5.74) is 5.89. The Labute approximate surface area is 331 Å². The molecule has 282 valence electrons. The second-order valence-electron chi connectivity index (χ2n) is 11.5. The number of benzene rings is 2. The molecule has 0 aliphatic rings. The first kappa shape index (κ1) is 46.1. The maximum absolute atomic E-state index is 5.61. The molecule has 0 saturated heterocycles. The molecule has 9 nitrogen and oxygen atoms in total. The van der Waals surface area contributed by atoms with E-state index in [1.165, 1.54) is 0 Å². The number of methoxy groups -OCH3 is 4. The molecular formula is C37H52Cl3N5O4S2. The third-order valence-electron chi connectivity index (χ3n) is 8.36. The van der Waals surface area contributed by atoms with Crippen LogP contribution in [0, 0.1) is 0 Å². The Balaban J connectivity index is 0.00000433. The summed E-state index contributed by atoms with van der Waals surface area (Å²) in [6.45, 7) is 3.95. The minimum atomic E-state index is 0. The fourth-order valence-corrected chi connectivity index (χ4v) is 6.92. The Kier molecular flexibility index (Phi) is 20.7. The van der Waals surface area contributed by atoms with Gasteiger partial charge in [-0.15, -0.1) is 60.7 Å². The number of halogens is 3. The zero-order chi connectivity index (χ0) is 34.6. The van der Waals surface area contributed by atoms with Gasteiger partial charge < -0.3 is 33.6 Å². The van der Waals surface area contributed by atoms with Crippen LogP contribution in [0.3, 0.4) is 0 Å². The van der Waals surface area contributed by atoms with Gasteiger partial charge in [-0.2, -0.15) is 0 Å². The lowest BCUT2D eigenvalue weighted by Gasteiger charge is -2.23. The van der Waals surface area contributed by atoms with E-state index in [4.69, 9.17) is 28.9 Å². The summed E-state index contributed by atoms with van der Waals surface area (Å²) in [4.78, 5) is 18.4. The van der Waals surface area contributed by atoms with Crippen molar-refractivity contribution in [3.05, 3.63) is 60.9 Å². The molecule has 2 aromatic carbocycles. The average Bonchev–Trinajstić information content (AvgIpc) is 3.13. The molecule has 14 heteroatoms. The van der Waals surface area contributed by atoms with Crippen molar-refractivity contribution >= 4 is 72.1 Å². The summed E-state index contributed by atoms with van der Waals surface area (Å²) in [5.74, 6) is 3.16. The number of thioether (sulfide) groups is 2. The van der Waals surface area contributed by atoms with E-state index in [-0.39, 0.29) is 37.2 Å². The van der Waals surface area contributed by atoms with Gasteiger partial charge in [0, 0.05) is 38.3 Å². The van der Waals surface area contributed by atoms with Gasteiger partial charge >= 0.3 is 0 Å². The maximum atomic E-state index is 5.61. The molecule has 0 unspecified atom stereocenters. The highest BCUT2D eigenvalue weighted by molar-refractivity contribution is 7.99. The van der Waals surface area contributed by atoms with E-state index in [2.05, 4.69) is 60.1 Å². The molecule has 0 saturated carbocycles. The predicted octanol–water partition coefficient (Wildman–Crippen LogP) is 8.84. The lowest BCUT2D eigenvalue weighted by molar-refractivity contribution is 0.327. The largest absolute Gasteiger partial charge is 0.495 e. The van der Waals surface area contributed by atoms with Crippen molar-refractivity contribution in [2.75, 3.05) is 98.1 Å². The van der Waals surface area contributed by atoms with Crippen LogP contribution in [-0.4, -0.2) is 103 Å². The topological polar surface area (TPSA) is 72.4 Å². The lowest BCUT2D eigenvalue weighted by Crippen LogP contribution is -2.28. The first-order chi connectivity index (χ1) is 23.3. The first-order valence-electron chi connectivity index (χ1n) is 15.9. The smallest absolute Gasteiger partial charge is 0.136 e. The van der Waals surface area contributed by atoms with Crippen molar-refractivity contribution in [2.24, 2.45) is 0 Å². The van der Waals surface area contributed by atoms with Gasteiger partial charge in [0.2, 0.25) is 0 Å². The monoisotopic (exact) mass is 799 g/mol. The second kappa shape index (κ2) is 22.9. The SMILES string of the molecule is COc1cc(-c2ccc(N(C)CCCN(C)CCCN(C)c3ccc(-c4cc(OC)c(SC)c(OC)c4)nc3)cn2)cc(OC)c1SC.Cl.Cl.Cl. The Morgan fingerprint density at radius 2 is 0.863 bits per heavy atom. The Morgan fingerprint density at radius 1 is 0.529 bits per heavy atom. The summed E-state index contributed by atoms with van der Waals surface area (Å²) in [5, 5.41) is 0. The lowest BCUT2D eigenvalue weighted by atomic mass is 10.1. The number of pyridine rings is 2. The van der Waals surface area contributed by atoms with Gasteiger partial charge in [0.05, 0.1) is 73.4 Å². The van der Waals surface area contributed by atoms with Gasteiger partial charge in [-0.3, -0.25) is 9.97 Å². The van der Waals surface area contributed by atoms with Crippen molar-refractivity contribution in [2.45, 2.75) is 22.6 Å². The van der Waals surface area contributed by atoms with Crippen molar-refractivity contribution in [3.8, 4) is 45.5 Å². The summed E-state index contributed by atoms with van der Waals surface area (Å²) < 4.78 is 22.4. The Bertz CT molecular complexity index is 1450. The minimum absolute atomic E-state index is 0. The van der Waals surface area contributed by atoms with Crippen LogP contribution in [0.25, 0.3) is 22.5 Å². The van der Waals surface area contributed by atoms with Gasteiger partial charge in [-0.25, -0.2) is 0 Å². The molecule has 0 aliphatic heterocycles. The van der Waals surface area contributed by atoms with E-state index in [0.717, 1.165) is 106 Å². The number of ether oxygens (including phenoxy) is 4. The molecule has 0 spiro atoms. The molecule has 4 aromatic rings. The van der Waals surface area contributed by atoms with E-state index >= 15 is 0 Å².